The third-order valence-corrected chi connectivity index (χ3v) is 3.35. The van der Waals surface area contributed by atoms with E-state index in [0.29, 0.717) is 11.3 Å². The fraction of sp³-hybridized carbons (Fsp3) is 0.167. The van der Waals surface area contributed by atoms with Crippen molar-refractivity contribution in [2.75, 3.05) is 5.32 Å². The molecule has 2 aromatic carbocycles. The quantitative estimate of drug-likeness (QED) is 0.777. The molecule has 0 saturated heterocycles. The maximum Gasteiger partial charge on any atom is 0.322 e. The van der Waals surface area contributed by atoms with Crippen LogP contribution in [0.1, 0.15) is 27.4 Å². The lowest BCUT2D eigenvalue weighted by Gasteiger charge is -2.03. The van der Waals surface area contributed by atoms with Gasteiger partial charge in [-0.25, -0.2) is 0 Å². The van der Waals surface area contributed by atoms with Crippen LogP contribution in [0.4, 0.5) is 6.01 Å². The number of amides is 1. The maximum atomic E-state index is 12.1. The van der Waals surface area contributed by atoms with Crippen LogP contribution in [0.3, 0.4) is 0 Å². The van der Waals surface area contributed by atoms with E-state index in [4.69, 9.17) is 9.15 Å². The van der Waals surface area contributed by atoms with Gasteiger partial charge in [0.15, 0.2) is 6.61 Å². The highest BCUT2D eigenvalue weighted by Gasteiger charge is 2.12. The number of anilines is 1. The second kappa shape index (κ2) is 6.95. The number of nitrogens with one attached hydrogen (secondary N) is 1. The summed E-state index contributed by atoms with van der Waals surface area (Å²) in [5.74, 6) is 0.701. The van der Waals surface area contributed by atoms with Crippen LogP contribution < -0.4 is 10.1 Å². The standard InChI is InChI=1S/C18H17N3O3/c1-12-6-8-15(9-7-12)23-11-16-20-21-18(24-16)19-17(22)14-5-3-4-13(2)10-14/h3-10H,11H2,1-2H3,(H,19,21,22). The Balaban J connectivity index is 1.59. The van der Waals surface area contributed by atoms with E-state index in [0.717, 1.165) is 11.1 Å². The molecule has 0 radical (unpaired) electrons. The van der Waals surface area contributed by atoms with Gasteiger partial charge in [0.05, 0.1) is 0 Å². The Kier molecular flexibility index (Phi) is 4.56. The zero-order valence-electron chi connectivity index (χ0n) is 13.4. The third kappa shape index (κ3) is 3.98. The fourth-order valence-corrected chi connectivity index (χ4v) is 2.10. The van der Waals surface area contributed by atoms with Gasteiger partial charge in [-0.1, -0.05) is 40.5 Å². The molecule has 24 heavy (non-hydrogen) atoms. The van der Waals surface area contributed by atoms with Gasteiger partial charge in [0.25, 0.3) is 11.8 Å². The first-order chi connectivity index (χ1) is 11.6. The normalized spacial score (nSPS) is 10.4. The fourth-order valence-electron chi connectivity index (χ4n) is 2.10. The Morgan fingerprint density at radius 1 is 1.08 bits per heavy atom. The van der Waals surface area contributed by atoms with Crippen molar-refractivity contribution in [1.82, 2.24) is 10.2 Å². The van der Waals surface area contributed by atoms with E-state index in [-0.39, 0.29) is 24.4 Å². The highest BCUT2D eigenvalue weighted by molar-refractivity contribution is 6.03. The van der Waals surface area contributed by atoms with Crippen molar-refractivity contribution in [2.24, 2.45) is 0 Å². The molecule has 6 nitrogen and oxygen atoms in total. The van der Waals surface area contributed by atoms with Crippen molar-refractivity contribution in [3.63, 3.8) is 0 Å². The Morgan fingerprint density at radius 3 is 2.62 bits per heavy atom. The molecule has 0 aliphatic heterocycles. The molecule has 0 saturated carbocycles. The van der Waals surface area contributed by atoms with Gasteiger partial charge in [-0.2, -0.15) is 0 Å². The minimum atomic E-state index is -0.298. The van der Waals surface area contributed by atoms with Crippen LogP contribution in [0.25, 0.3) is 0 Å². The van der Waals surface area contributed by atoms with Gasteiger partial charge in [0, 0.05) is 5.56 Å². The largest absolute Gasteiger partial charge is 0.484 e. The molecule has 3 rings (SSSR count). The summed E-state index contributed by atoms with van der Waals surface area (Å²) in [6.45, 7) is 4.06. The van der Waals surface area contributed by atoms with E-state index in [1.165, 1.54) is 0 Å². The van der Waals surface area contributed by atoms with Crippen molar-refractivity contribution in [3.8, 4) is 5.75 Å². The second-order valence-electron chi connectivity index (χ2n) is 5.43. The number of rotatable bonds is 5. The van der Waals surface area contributed by atoms with Crippen LogP contribution in [0.5, 0.6) is 5.75 Å². The molecule has 122 valence electrons. The van der Waals surface area contributed by atoms with E-state index in [9.17, 15) is 4.79 Å². The summed E-state index contributed by atoms with van der Waals surface area (Å²) in [5.41, 5.74) is 2.69. The SMILES string of the molecule is Cc1ccc(OCc2nnc(NC(=O)c3cccc(C)c3)o2)cc1. The van der Waals surface area contributed by atoms with Crippen LogP contribution in [-0.2, 0) is 6.61 Å². The number of hydrogen-bond acceptors (Lipinski definition) is 5. The van der Waals surface area contributed by atoms with E-state index in [2.05, 4.69) is 15.5 Å². The lowest BCUT2D eigenvalue weighted by atomic mass is 10.1. The van der Waals surface area contributed by atoms with E-state index < -0.39 is 0 Å². The van der Waals surface area contributed by atoms with Gasteiger partial charge < -0.3 is 9.15 Å². The summed E-state index contributed by atoms with van der Waals surface area (Å²) < 4.78 is 10.9. The zero-order chi connectivity index (χ0) is 16.9. The summed E-state index contributed by atoms with van der Waals surface area (Å²) in [6, 6.07) is 14.9. The number of benzene rings is 2. The Bertz CT molecular complexity index is 841. The molecule has 1 amide bonds. The number of ether oxygens (including phenoxy) is 1. The van der Waals surface area contributed by atoms with Crippen molar-refractivity contribution < 1.29 is 13.9 Å². The van der Waals surface area contributed by atoms with Gasteiger partial charge in [-0.15, -0.1) is 5.10 Å². The van der Waals surface area contributed by atoms with Crippen LogP contribution in [0.2, 0.25) is 0 Å². The van der Waals surface area contributed by atoms with Crippen LogP contribution >= 0.6 is 0 Å². The minimum Gasteiger partial charge on any atom is -0.484 e. The molecule has 1 N–H and O–H groups in total. The van der Waals surface area contributed by atoms with Gasteiger partial charge in [-0.05, 0) is 38.1 Å². The Hall–Kier alpha value is -3.15. The molecule has 0 bridgehead atoms. The summed E-state index contributed by atoms with van der Waals surface area (Å²) in [5, 5.41) is 10.2. The molecular formula is C18H17N3O3. The predicted octanol–water partition coefficient (Wildman–Crippen LogP) is 3.52. The Morgan fingerprint density at radius 2 is 1.88 bits per heavy atom. The molecule has 0 spiro atoms. The lowest BCUT2D eigenvalue weighted by molar-refractivity contribution is 0.102. The number of carbonyl (C=O) groups is 1. The molecule has 3 aromatic rings. The molecule has 0 fully saturated rings. The average Bonchev–Trinajstić information content (AvgIpc) is 3.02. The predicted molar refractivity (Wildman–Crippen MR) is 88.9 cm³/mol. The summed E-state index contributed by atoms with van der Waals surface area (Å²) >= 11 is 0. The van der Waals surface area contributed by atoms with E-state index >= 15 is 0 Å². The molecule has 1 aromatic heterocycles. The van der Waals surface area contributed by atoms with Gasteiger partial charge in [-0.3, -0.25) is 10.1 Å². The number of carbonyl (C=O) groups excluding carboxylic acids is 1. The molecule has 0 aliphatic carbocycles. The first-order valence-corrected chi connectivity index (χ1v) is 7.50. The Labute approximate surface area is 139 Å². The third-order valence-electron chi connectivity index (χ3n) is 3.35. The molecule has 0 atom stereocenters. The van der Waals surface area contributed by atoms with Crippen LogP contribution in [0, 0.1) is 13.8 Å². The average molecular weight is 323 g/mol. The second-order valence-corrected chi connectivity index (χ2v) is 5.43. The molecular weight excluding hydrogens is 306 g/mol. The van der Waals surface area contributed by atoms with E-state index in [1.807, 2.05) is 50.2 Å². The molecule has 0 unspecified atom stereocenters. The van der Waals surface area contributed by atoms with E-state index in [1.54, 1.807) is 12.1 Å². The monoisotopic (exact) mass is 323 g/mol. The lowest BCUT2D eigenvalue weighted by Crippen LogP contribution is -2.12. The number of aryl methyl sites for hydroxylation is 2. The zero-order valence-corrected chi connectivity index (χ0v) is 13.4. The van der Waals surface area contributed by atoms with Crippen molar-refractivity contribution >= 4 is 11.9 Å². The van der Waals surface area contributed by atoms with Crippen LogP contribution in [0.15, 0.2) is 52.9 Å². The van der Waals surface area contributed by atoms with Gasteiger partial charge in [0.2, 0.25) is 0 Å². The van der Waals surface area contributed by atoms with Crippen molar-refractivity contribution in [2.45, 2.75) is 20.5 Å². The number of aromatic nitrogens is 2. The molecule has 1 heterocycles. The smallest absolute Gasteiger partial charge is 0.322 e. The summed E-state index contributed by atoms with van der Waals surface area (Å²) in [4.78, 5) is 12.1. The van der Waals surface area contributed by atoms with Crippen molar-refractivity contribution in [3.05, 3.63) is 71.1 Å². The summed E-state index contributed by atoms with van der Waals surface area (Å²) in [7, 11) is 0. The maximum absolute atomic E-state index is 12.1. The summed E-state index contributed by atoms with van der Waals surface area (Å²) in [6.07, 6.45) is 0. The molecule has 0 aliphatic rings. The molecule has 6 heteroatoms. The van der Waals surface area contributed by atoms with Crippen molar-refractivity contribution in [1.29, 1.82) is 0 Å². The number of nitrogens with zero attached hydrogens (tertiary/aromatic N) is 2. The first kappa shape index (κ1) is 15.7. The topological polar surface area (TPSA) is 77.3 Å². The van der Waals surface area contributed by atoms with Gasteiger partial charge in [0.1, 0.15) is 5.75 Å². The van der Waals surface area contributed by atoms with Crippen LogP contribution in [-0.4, -0.2) is 16.1 Å². The number of hydrogen-bond donors (Lipinski definition) is 1. The van der Waals surface area contributed by atoms with Gasteiger partial charge >= 0.3 is 6.01 Å². The highest BCUT2D eigenvalue weighted by Crippen LogP contribution is 2.15. The highest BCUT2D eigenvalue weighted by atomic mass is 16.5. The first-order valence-electron chi connectivity index (χ1n) is 7.50. The minimum absolute atomic E-state index is 0.0454.